The molecule has 0 bridgehead atoms. The number of hydrogen-bond acceptors (Lipinski definition) is 11. The van der Waals surface area contributed by atoms with E-state index in [-0.39, 0.29) is 28.8 Å². The van der Waals surface area contributed by atoms with Crippen LogP contribution in [0.4, 0.5) is 0 Å². The number of hydrogen-bond donors (Lipinski definition) is 2. The van der Waals surface area contributed by atoms with Gasteiger partial charge in [-0.1, -0.05) is 18.2 Å². The number of phosphoric acid groups is 1. The van der Waals surface area contributed by atoms with E-state index in [9.17, 15) is 28.7 Å². The van der Waals surface area contributed by atoms with Gasteiger partial charge in [0.05, 0.1) is 36.2 Å². The largest absolute Gasteiger partial charge is 0.527 e. The molecule has 5 rings (SSSR count). The number of fused-ring (bicyclic) bond motifs is 1. The molecule has 4 heterocycles. The fourth-order valence-corrected chi connectivity index (χ4v) is 6.89. The second-order valence-corrected chi connectivity index (χ2v) is 12.9. The number of para-hydroxylation sites is 1. The van der Waals surface area contributed by atoms with E-state index in [1.54, 1.807) is 19.1 Å². The second-order valence-electron chi connectivity index (χ2n) is 10.7. The molecule has 1 aromatic carbocycles. The molecular formula is C28H32N3O11PS. The normalized spacial score (nSPS) is 15.4. The molecule has 236 valence electrons. The van der Waals surface area contributed by atoms with Crippen LogP contribution in [0.15, 0.2) is 50.7 Å². The van der Waals surface area contributed by atoms with E-state index < -0.39 is 36.7 Å². The minimum Gasteiger partial charge on any atom is -0.496 e. The molecule has 0 radical (unpaired) electrons. The van der Waals surface area contributed by atoms with E-state index in [0.29, 0.717) is 52.4 Å². The van der Waals surface area contributed by atoms with Crippen LogP contribution in [0, 0.1) is 6.92 Å². The number of rotatable bonds is 10. The Morgan fingerprint density at radius 2 is 1.93 bits per heavy atom. The first-order chi connectivity index (χ1) is 20.8. The lowest BCUT2D eigenvalue weighted by molar-refractivity contribution is -0.144. The van der Waals surface area contributed by atoms with Gasteiger partial charge in [0.1, 0.15) is 28.5 Å². The van der Waals surface area contributed by atoms with Gasteiger partial charge in [0.15, 0.2) is 0 Å². The summed E-state index contributed by atoms with van der Waals surface area (Å²) in [7, 11) is -3.77. The van der Waals surface area contributed by atoms with Crippen molar-refractivity contribution < 1.29 is 42.3 Å². The Labute approximate surface area is 255 Å². The van der Waals surface area contributed by atoms with Crippen LogP contribution in [0.25, 0.3) is 21.0 Å². The molecule has 2 N–H and O–H groups in total. The number of nitrogens with zero attached hydrogens (tertiary/aromatic N) is 3. The molecule has 44 heavy (non-hydrogen) atoms. The first kappa shape index (κ1) is 31.8. The van der Waals surface area contributed by atoms with Crippen LogP contribution >= 0.6 is 19.2 Å². The number of phosphoric ester groups is 1. The molecule has 1 aliphatic rings. The van der Waals surface area contributed by atoms with Crippen molar-refractivity contribution in [3.63, 3.8) is 0 Å². The highest BCUT2D eigenvalue weighted by molar-refractivity contribution is 7.46. The summed E-state index contributed by atoms with van der Waals surface area (Å²) >= 11 is 1.11. The summed E-state index contributed by atoms with van der Waals surface area (Å²) in [6.07, 6.45) is 3.14. The van der Waals surface area contributed by atoms with Crippen LogP contribution in [0.5, 0.6) is 5.75 Å². The van der Waals surface area contributed by atoms with E-state index in [1.165, 1.54) is 38.0 Å². The van der Waals surface area contributed by atoms with Gasteiger partial charge in [-0.2, -0.15) is 0 Å². The van der Waals surface area contributed by atoms with Crippen molar-refractivity contribution in [2.24, 2.45) is 0 Å². The number of carbonyl (C=O) groups is 1. The van der Waals surface area contributed by atoms with Gasteiger partial charge in [0, 0.05) is 18.8 Å². The maximum atomic E-state index is 14.3. The smallest absolute Gasteiger partial charge is 0.496 e. The van der Waals surface area contributed by atoms with Crippen LogP contribution in [0.2, 0.25) is 0 Å². The molecule has 1 fully saturated rings. The van der Waals surface area contributed by atoms with E-state index in [0.717, 1.165) is 11.3 Å². The highest BCUT2D eigenvalue weighted by atomic mass is 32.1. The van der Waals surface area contributed by atoms with Crippen LogP contribution in [0.1, 0.15) is 43.9 Å². The predicted molar refractivity (Wildman–Crippen MR) is 159 cm³/mol. The third-order valence-electron chi connectivity index (χ3n) is 7.46. The van der Waals surface area contributed by atoms with Gasteiger partial charge in [0.25, 0.3) is 5.56 Å². The Hall–Kier alpha value is -3.59. The van der Waals surface area contributed by atoms with Gasteiger partial charge < -0.3 is 23.2 Å². The zero-order chi connectivity index (χ0) is 31.8. The lowest BCUT2D eigenvalue weighted by Gasteiger charge is -2.30. The summed E-state index contributed by atoms with van der Waals surface area (Å²) < 4.78 is 41.0. The van der Waals surface area contributed by atoms with Gasteiger partial charge in [-0.3, -0.25) is 19.1 Å². The number of aromatic nitrogens is 3. The van der Waals surface area contributed by atoms with Gasteiger partial charge >= 0.3 is 19.5 Å². The van der Waals surface area contributed by atoms with Crippen LogP contribution in [-0.4, -0.2) is 56.3 Å². The Morgan fingerprint density at radius 3 is 2.57 bits per heavy atom. The first-order valence-electron chi connectivity index (χ1n) is 13.7. The zero-order valence-corrected chi connectivity index (χ0v) is 26.1. The highest BCUT2D eigenvalue weighted by Gasteiger charge is 2.40. The van der Waals surface area contributed by atoms with Crippen molar-refractivity contribution >= 4 is 35.3 Å². The van der Waals surface area contributed by atoms with Crippen molar-refractivity contribution in [1.82, 2.24) is 14.1 Å². The molecule has 1 unspecified atom stereocenters. The lowest BCUT2D eigenvalue weighted by atomic mass is 10.0. The van der Waals surface area contributed by atoms with Crippen LogP contribution in [0.3, 0.4) is 0 Å². The Morgan fingerprint density at radius 1 is 1.23 bits per heavy atom. The summed E-state index contributed by atoms with van der Waals surface area (Å²) in [6, 6.07) is 7.21. The monoisotopic (exact) mass is 649 g/mol. The SMILES string of the molecule is COc1ccccc1C(Cn1c(=O)n(C(C)(C)C(=O)OP(=O)(O)O)c(=O)c2c(C)c(-c3ncco3)sc21)OC1CCOCC1. The Balaban J connectivity index is 1.76. The summed E-state index contributed by atoms with van der Waals surface area (Å²) in [5.41, 5.74) is -2.78. The molecule has 0 aliphatic carbocycles. The van der Waals surface area contributed by atoms with Crippen LogP contribution < -0.4 is 16.0 Å². The van der Waals surface area contributed by atoms with Crippen molar-refractivity contribution in [1.29, 1.82) is 0 Å². The minimum atomic E-state index is -5.30. The van der Waals surface area contributed by atoms with Gasteiger partial charge in [-0.25, -0.2) is 23.7 Å². The Bertz CT molecular complexity index is 1830. The number of ether oxygens (including phenoxy) is 3. The maximum absolute atomic E-state index is 14.3. The average Bonchev–Trinajstić information content (AvgIpc) is 3.62. The summed E-state index contributed by atoms with van der Waals surface area (Å²) in [4.78, 5) is 65.0. The fourth-order valence-electron chi connectivity index (χ4n) is 5.21. The molecule has 14 nitrogen and oxygen atoms in total. The van der Waals surface area contributed by atoms with Gasteiger partial charge in [-0.05, 0) is 45.2 Å². The third-order valence-corrected chi connectivity index (χ3v) is 9.17. The van der Waals surface area contributed by atoms with Crippen molar-refractivity contribution in [3.05, 3.63) is 68.7 Å². The van der Waals surface area contributed by atoms with E-state index in [2.05, 4.69) is 9.51 Å². The van der Waals surface area contributed by atoms with E-state index >= 15 is 0 Å². The second kappa shape index (κ2) is 12.4. The third kappa shape index (κ3) is 6.16. The fraction of sp³-hybridized carbons (Fsp3) is 0.429. The van der Waals surface area contributed by atoms with E-state index in [4.69, 9.17) is 18.6 Å². The number of benzene rings is 1. The summed E-state index contributed by atoms with van der Waals surface area (Å²) in [5.74, 6) is -0.708. The average molecular weight is 650 g/mol. The predicted octanol–water partition coefficient (Wildman–Crippen LogP) is 3.50. The molecule has 4 aromatic rings. The molecule has 0 amide bonds. The number of aryl methyl sites for hydroxylation is 1. The zero-order valence-electron chi connectivity index (χ0n) is 24.4. The van der Waals surface area contributed by atoms with E-state index in [1.807, 2.05) is 12.1 Å². The molecule has 1 atom stereocenters. The summed E-state index contributed by atoms with van der Waals surface area (Å²) in [6.45, 7) is 4.93. The number of carbonyl (C=O) groups excluding carboxylic acids is 1. The topological polar surface area (TPSA) is 182 Å². The highest BCUT2D eigenvalue weighted by Crippen LogP contribution is 2.40. The number of methoxy groups -OCH3 is 1. The Kier molecular flexibility index (Phi) is 8.99. The van der Waals surface area contributed by atoms with Crippen LogP contribution in [-0.2, 0) is 35.4 Å². The molecule has 1 aliphatic heterocycles. The van der Waals surface area contributed by atoms with Crippen molar-refractivity contribution in [2.45, 2.75) is 57.9 Å². The number of thiophene rings is 1. The molecular weight excluding hydrogens is 617 g/mol. The first-order valence-corrected chi connectivity index (χ1v) is 16.0. The van der Waals surface area contributed by atoms with Gasteiger partial charge in [0.2, 0.25) is 5.89 Å². The number of oxazole rings is 1. The van der Waals surface area contributed by atoms with Crippen molar-refractivity contribution in [2.75, 3.05) is 20.3 Å². The molecule has 0 saturated carbocycles. The molecule has 16 heteroatoms. The van der Waals surface area contributed by atoms with Crippen molar-refractivity contribution in [3.8, 4) is 16.5 Å². The quantitative estimate of drug-likeness (QED) is 0.239. The lowest BCUT2D eigenvalue weighted by Crippen LogP contribution is -2.53. The molecule has 1 saturated heterocycles. The molecule has 3 aromatic heterocycles. The minimum absolute atomic E-state index is 0.102. The van der Waals surface area contributed by atoms with Gasteiger partial charge in [-0.15, -0.1) is 11.3 Å². The molecule has 0 spiro atoms. The maximum Gasteiger partial charge on any atom is 0.527 e. The standard InChI is InChI=1S/C28H32N3O11PS/c1-16-21-24(32)31(28(2,3)26(33)42-43(35,36)37)27(34)30(25(21)44-22(16)23-29-11-14-40-23)15-20(41-17-9-12-39-13-10-17)18-7-5-6-8-19(18)38-4/h5-8,11,14,17,20H,9-10,12-13,15H2,1-4H3,(H2,35,36,37). The summed E-state index contributed by atoms with van der Waals surface area (Å²) in [5, 5.41) is 0.102.